The van der Waals surface area contributed by atoms with Crippen LogP contribution in [-0.2, 0) is 4.74 Å². The molecule has 2 aliphatic rings. The SMILES string of the molecule is FC1(F)CCOC2(CCCNC2)C1. The molecule has 4 heteroatoms. The van der Waals surface area contributed by atoms with Gasteiger partial charge in [0.1, 0.15) is 0 Å². The molecule has 2 aliphatic heterocycles. The van der Waals surface area contributed by atoms with Gasteiger partial charge in [0.2, 0.25) is 0 Å². The van der Waals surface area contributed by atoms with Gasteiger partial charge in [0, 0.05) is 19.4 Å². The summed E-state index contributed by atoms with van der Waals surface area (Å²) in [7, 11) is 0. The number of rotatable bonds is 0. The fourth-order valence-corrected chi connectivity index (χ4v) is 2.24. The van der Waals surface area contributed by atoms with Gasteiger partial charge in [-0.15, -0.1) is 0 Å². The van der Waals surface area contributed by atoms with Crippen LogP contribution in [0.4, 0.5) is 8.78 Å². The first-order chi connectivity index (χ1) is 6.12. The van der Waals surface area contributed by atoms with Crippen molar-refractivity contribution in [3.63, 3.8) is 0 Å². The lowest BCUT2D eigenvalue weighted by atomic mass is 9.85. The summed E-state index contributed by atoms with van der Waals surface area (Å²) in [5.41, 5.74) is -0.569. The zero-order valence-corrected chi connectivity index (χ0v) is 7.61. The van der Waals surface area contributed by atoms with Gasteiger partial charge in [-0.1, -0.05) is 0 Å². The van der Waals surface area contributed by atoms with E-state index in [0.717, 1.165) is 19.4 Å². The average molecular weight is 191 g/mol. The predicted molar refractivity (Wildman–Crippen MR) is 45.0 cm³/mol. The van der Waals surface area contributed by atoms with E-state index in [4.69, 9.17) is 4.74 Å². The summed E-state index contributed by atoms with van der Waals surface area (Å²) >= 11 is 0. The number of hydrogen-bond acceptors (Lipinski definition) is 2. The second-order valence-electron chi connectivity index (χ2n) is 4.09. The molecule has 2 nitrogen and oxygen atoms in total. The van der Waals surface area contributed by atoms with Crippen LogP contribution in [-0.4, -0.2) is 31.2 Å². The third kappa shape index (κ3) is 1.99. The molecule has 1 unspecified atom stereocenters. The Balaban J connectivity index is 2.04. The molecule has 0 bridgehead atoms. The van der Waals surface area contributed by atoms with E-state index in [1.165, 1.54) is 0 Å². The quantitative estimate of drug-likeness (QED) is 0.627. The van der Waals surface area contributed by atoms with Crippen LogP contribution in [0.5, 0.6) is 0 Å². The molecule has 1 spiro atoms. The van der Waals surface area contributed by atoms with Gasteiger partial charge in [-0.3, -0.25) is 0 Å². The Morgan fingerprint density at radius 1 is 1.23 bits per heavy atom. The lowest BCUT2D eigenvalue weighted by Gasteiger charge is -2.43. The molecule has 2 fully saturated rings. The smallest absolute Gasteiger partial charge is 0.253 e. The second kappa shape index (κ2) is 3.17. The van der Waals surface area contributed by atoms with Gasteiger partial charge in [-0.25, -0.2) is 8.78 Å². The topological polar surface area (TPSA) is 21.3 Å². The van der Waals surface area contributed by atoms with Gasteiger partial charge in [-0.2, -0.15) is 0 Å². The van der Waals surface area contributed by atoms with E-state index in [0.29, 0.717) is 6.54 Å². The zero-order chi connectivity index (χ0) is 9.36. The fourth-order valence-electron chi connectivity index (χ4n) is 2.24. The van der Waals surface area contributed by atoms with E-state index in [1.807, 2.05) is 0 Å². The molecule has 0 aromatic heterocycles. The minimum atomic E-state index is -2.52. The molecule has 2 heterocycles. The monoisotopic (exact) mass is 191 g/mol. The first kappa shape index (κ1) is 9.34. The van der Waals surface area contributed by atoms with E-state index in [-0.39, 0.29) is 19.4 Å². The summed E-state index contributed by atoms with van der Waals surface area (Å²) in [6.07, 6.45) is 1.49. The van der Waals surface area contributed by atoms with Gasteiger partial charge in [0.05, 0.1) is 12.2 Å². The Morgan fingerprint density at radius 2 is 2.08 bits per heavy atom. The minimum Gasteiger partial charge on any atom is -0.373 e. The maximum absolute atomic E-state index is 13.1. The van der Waals surface area contributed by atoms with Crippen molar-refractivity contribution in [2.45, 2.75) is 37.2 Å². The first-order valence-electron chi connectivity index (χ1n) is 4.85. The molecule has 0 radical (unpaired) electrons. The number of hydrogen-bond donors (Lipinski definition) is 1. The molecule has 2 rings (SSSR count). The zero-order valence-electron chi connectivity index (χ0n) is 7.61. The summed E-state index contributed by atoms with van der Waals surface area (Å²) in [5, 5.41) is 3.12. The molecule has 0 aromatic carbocycles. The molecular formula is C9H15F2NO. The van der Waals surface area contributed by atoms with E-state index < -0.39 is 11.5 Å². The fraction of sp³-hybridized carbons (Fsp3) is 1.00. The third-order valence-corrected chi connectivity index (χ3v) is 2.89. The summed E-state index contributed by atoms with van der Waals surface area (Å²) in [5.74, 6) is -2.52. The number of ether oxygens (including phenoxy) is 1. The van der Waals surface area contributed by atoms with Gasteiger partial charge < -0.3 is 10.1 Å². The normalized spacial score (nSPS) is 39.2. The average Bonchev–Trinajstić information content (AvgIpc) is 2.03. The van der Waals surface area contributed by atoms with Gasteiger partial charge in [0.25, 0.3) is 5.92 Å². The van der Waals surface area contributed by atoms with Crippen LogP contribution in [0.15, 0.2) is 0 Å². The molecule has 0 aromatic rings. The van der Waals surface area contributed by atoms with Crippen molar-refractivity contribution in [1.29, 1.82) is 0 Å². The van der Waals surface area contributed by atoms with Gasteiger partial charge in [-0.05, 0) is 19.4 Å². The summed E-state index contributed by atoms with van der Waals surface area (Å²) in [4.78, 5) is 0. The Morgan fingerprint density at radius 3 is 2.69 bits per heavy atom. The predicted octanol–water partition coefficient (Wildman–Crippen LogP) is 1.55. The highest BCUT2D eigenvalue weighted by atomic mass is 19.3. The molecule has 1 N–H and O–H groups in total. The highest BCUT2D eigenvalue weighted by Gasteiger charge is 2.47. The summed E-state index contributed by atoms with van der Waals surface area (Å²) < 4.78 is 31.8. The Kier molecular flexibility index (Phi) is 2.28. The van der Waals surface area contributed by atoms with Crippen molar-refractivity contribution in [2.24, 2.45) is 0 Å². The van der Waals surface area contributed by atoms with E-state index in [1.54, 1.807) is 0 Å². The van der Waals surface area contributed by atoms with Crippen LogP contribution < -0.4 is 5.32 Å². The lowest BCUT2D eigenvalue weighted by Crippen LogP contribution is -2.54. The van der Waals surface area contributed by atoms with E-state index >= 15 is 0 Å². The maximum atomic E-state index is 13.1. The molecule has 2 saturated heterocycles. The van der Waals surface area contributed by atoms with Crippen LogP contribution in [0.3, 0.4) is 0 Å². The molecule has 13 heavy (non-hydrogen) atoms. The summed E-state index contributed by atoms with van der Waals surface area (Å²) in [6, 6.07) is 0. The summed E-state index contributed by atoms with van der Waals surface area (Å²) in [6.45, 7) is 1.72. The number of alkyl halides is 2. The molecular weight excluding hydrogens is 176 g/mol. The van der Waals surface area contributed by atoms with E-state index in [2.05, 4.69) is 5.32 Å². The van der Waals surface area contributed by atoms with Crippen molar-refractivity contribution in [3.8, 4) is 0 Å². The number of piperidine rings is 1. The molecule has 0 aliphatic carbocycles. The standard InChI is InChI=1S/C9H15F2NO/c10-9(11)3-5-13-8(6-9)2-1-4-12-7-8/h12H,1-7H2. The Labute approximate surface area is 76.6 Å². The lowest BCUT2D eigenvalue weighted by molar-refractivity contribution is -0.183. The van der Waals surface area contributed by atoms with Crippen molar-refractivity contribution in [3.05, 3.63) is 0 Å². The largest absolute Gasteiger partial charge is 0.373 e. The van der Waals surface area contributed by atoms with Crippen LogP contribution in [0, 0.1) is 0 Å². The van der Waals surface area contributed by atoms with Crippen molar-refractivity contribution in [1.82, 2.24) is 5.32 Å². The highest BCUT2D eigenvalue weighted by molar-refractivity contribution is 4.94. The Hall–Kier alpha value is -0.220. The van der Waals surface area contributed by atoms with Crippen LogP contribution >= 0.6 is 0 Å². The van der Waals surface area contributed by atoms with Crippen molar-refractivity contribution < 1.29 is 13.5 Å². The molecule has 76 valence electrons. The van der Waals surface area contributed by atoms with Gasteiger partial charge in [0.15, 0.2) is 0 Å². The van der Waals surface area contributed by atoms with Crippen LogP contribution in [0.2, 0.25) is 0 Å². The third-order valence-electron chi connectivity index (χ3n) is 2.89. The second-order valence-corrected chi connectivity index (χ2v) is 4.09. The maximum Gasteiger partial charge on any atom is 0.253 e. The minimum absolute atomic E-state index is 0.104. The van der Waals surface area contributed by atoms with Crippen molar-refractivity contribution in [2.75, 3.05) is 19.7 Å². The van der Waals surface area contributed by atoms with Crippen molar-refractivity contribution >= 4 is 0 Å². The highest BCUT2D eigenvalue weighted by Crippen LogP contribution is 2.39. The van der Waals surface area contributed by atoms with Crippen LogP contribution in [0.25, 0.3) is 0 Å². The first-order valence-corrected chi connectivity index (χ1v) is 4.85. The molecule has 0 saturated carbocycles. The Bertz CT molecular complexity index is 185. The van der Waals surface area contributed by atoms with E-state index in [9.17, 15) is 8.78 Å². The van der Waals surface area contributed by atoms with Crippen LogP contribution in [0.1, 0.15) is 25.7 Å². The number of nitrogens with one attached hydrogen (secondary N) is 1. The van der Waals surface area contributed by atoms with Gasteiger partial charge >= 0.3 is 0 Å². The molecule has 0 amide bonds. The molecule has 1 atom stereocenters. The number of halogens is 2.